The number of esters is 1. The number of alkyl halides is 2. The Labute approximate surface area is 209 Å². The molecule has 1 saturated heterocycles. The number of rotatable bonds is 12. The molecule has 3 atom stereocenters. The third kappa shape index (κ3) is 7.45. The van der Waals surface area contributed by atoms with Crippen molar-refractivity contribution < 1.29 is 28.2 Å². The molecule has 0 aliphatic carbocycles. The highest BCUT2D eigenvalue weighted by Gasteiger charge is 2.52. The molecule has 35 heavy (non-hydrogen) atoms. The summed E-state index contributed by atoms with van der Waals surface area (Å²) in [5.41, 5.74) is 1.25. The number of ether oxygens (including phenoxy) is 1. The second kappa shape index (κ2) is 12.4. The van der Waals surface area contributed by atoms with Gasteiger partial charge in [0.05, 0.1) is 19.3 Å². The van der Waals surface area contributed by atoms with Gasteiger partial charge in [0.2, 0.25) is 0 Å². The highest BCUT2D eigenvalue weighted by molar-refractivity contribution is 7.13. The Balaban J connectivity index is 1.51. The van der Waals surface area contributed by atoms with E-state index in [0.717, 1.165) is 24.1 Å². The van der Waals surface area contributed by atoms with Gasteiger partial charge in [0.1, 0.15) is 4.88 Å². The first-order valence-electron chi connectivity index (χ1n) is 12.0. The van der Waals surface area contributed by atoms with Crippen LogP contribution in [0.5, 0.6) is 0 Å². The van der Waals surface area contributed by atoms with E-state index in [0.29, 0.717) is 17.7 Å². The van der Waals surface area contributed by atoms with Crippen LogP contribution in [-0.4, -0.2) is 53.6 Å². The molecule has 1 fully saturated rings. The Kier molecular flexibility index (Phi) is 9.57. The van der Waals surface area contributed by atoms with Crippen molar-refractivity contribution in [2.24, 2.45) is 5.92 Å². The van der Waals surface area contributed by atoms with Gasteiger partial charge in [-0.25, -0.2) is 4.79 Å². The summed E-state index contributed by atoms with van der Waals surface area (Å²) < 4.78 is 33.1. The lowest BCUT2D eigenvalue weighted by atomic mass is 9.95. The Morgan fingerprint density at radius 1 is 1.23 bits per heavy atom. The van der Waals surface area contributed by atoms with E-state index in [1.165, 1.54) is 28.9 Å². The second-order valence-electron chi connectivity index (χ2n) is 9.07. The zero-order valence-corrected chi connectivity index (χ0v) is 21.0. The molecule has 1 aliphatic heterocycles. The topological polar surface area (TPSA) is 66.8 Å². The third-order valence-electron chi connectivity index (χ3n) is 6.39. The number of thiophene rings is 1. The number of carbonyl (C=O) groups is 2. The molecule has 2 heterocycles. The fourth-order valence-corrected chi connectivity index (χ4v) is 5.25. The third-order valence-corrected chi connectivity index (χ3v) is 7.52. The molecule has 190 valence electrons. The minimum atomic E-state index is -3.40. The van der Waals surface area contributed by atoms with Gasteiger partial charge < -0.3 is 14.7 Å². The molecule has 0 unspecified atom stereocenters. The molecular weight excluding hydrogens is 472 g/mol. The lowest BCUT2D eigenvalue weighted by molar-refractivity contribution is -0.148. The number of aryl methyl sites for hydroxylation is 2. The molecule has 0 spiro atoms. The van der Waals surface area contributed by atoms with Crippen molar-refractivity contribution in [2.45, 2.75) is 63.5 Å². The van der Waals surface area contributed by atoms with Crippen LogP contribution in [0.3, 0.4) is 0 Å². The normalized spacial score (nSPS) is 19.3. The van der Waals surface area contributed by atoms with Gasteiger partial charge in [-0.3, -0.25) is 4.79 Å². The zero-order chi connectivity index (χ0) is 25.4. The monoisotopic (exact) mass is 505 g/mol. The van der Waals surface area contributed by atoms with Crippen LogP contribution in [0.15, 0.2) is 54.6 Å². The minimum absolute atomic E-state index is 0.0242. The number of methoxy groups -OCH3 is 1. The maximum absolute atomic E-state index is 14.2. The summed E-state index contributed by atoms with van der Waals surface area (Å²) in [6.45, 7) is 2.12. The zero-order valence-electron chi connectivity index (χ0n) is 20.2. The molecule has 1 N–H and O–H groups in total. The van der Waals surface area contributed by atoms with Gasteiger partial charge in [-0.1, -0.05) is 49.4 Å². The molecule has 0 saturated carbocycles. The van der Waals surface area contributed by atoms with Crippen molar-refractivity contribution in [3.8, 4) is 0 Å². The van der Waals surface area contributed by atoms with E-state index < -0.39 is 36.4 Å². The number of aliphatic hydroxyl groups excluding tert-OH is 1. The standard InChI is InChI=1S/C27H33F2NO4S/c1-19(8-6-11-20-9-4-3-5-10-20)23(31)15-13-21-18-27(28,29)26(33)30(21)17-7-12-22-14-16-24(35-22)25(32)34-2/h3-5,9-10,13-16,19,21,23,31H,6-8,11-12,17-18H2,1-2H3/t19-,21+,23-/m1/s1. The van der Waals surface area contributed by atoms with Crippen molar-refractivity contribution in [3.63, 3.8) is 0 Å². The maximum atomic E-state index is 14.2. The first-order chi connectivity index (χ1) is 16.7. The van der Waals surface area contributed by atoms with Gasteiger partial charge >= 0.3 is 11.9 Å². The Morgan fingerprint density at radius 3 is 2.69 bits per heavy atom. The van der Waals surface area contributed by atoms with E-state index in [9.17, 15) is 23.5 Å². The van der Waals surface area contributed by atoms with Crippen LogP contribution in [0.4, 0.5) is 8.78 Å². The van der Waals surface area contributed by atoms with Crippen molar-refractivity contribution in [2.75, 3.05) is 13.7 Å². The summed E-state index contributed by atoms with van der Waals surface area (Å²) in [5, 5.41) is 10.5. The molecule has 0 bridgehead atoms. The van der Waals surface area contributed by atoms with E-state index >= 15 is 0 Å². The number of aliphatic hydroxyl groups is 1. The van der Waals surface area contributed by atoms with Crippen LogP contribution >= 0.6 is 11.3 Å². The number of likely N-dealkylation sites (tertiary alicyclic amines) is 1. The Bertz CT molecular complexity index is 1010. The average Bonchev–Trinajstić information content (AvgIpc) is 3.40. The summed E-state index contributed by atoms with van der Waals surface area (Å²) >= 11 is 1.30. The average molecular weight is 506 g/mol. The molecule has 1 amide bonds. The Hall–Kier alpha value is -2.58. The lowest BCUT2D eigenvalue weighted by Crippen LogP contribution is -2.36. The van der Waals surface area contributed by atoms with Gasteiger partial charge in [0.25, 0.3) is 5.91 Å². The number of benzene rings is 1. The Morgan fingerprint density at radius 2 is 1.97 bits per heavy atom. The first kappa shape index (κ1) is 27.0. The fourth-order valence-electron chi connectivity index (χ4n) is 4.28. The van der Waals surface area contributed by atoms with Crippen LogP contribution in [0.2, 0.25) is 0 Å². The van der Waals surface area contributed by atoms with E-state index in [1.807, 2.05) is 31.2 Å². The molecule has 1 aromatic heterocycles. The summed E-state index contributed by atoms with van der Waals surface area (Å²) in [5.74, 6) is -5.00. The lowest BCUT2D eigenvalue weighted by Gasteiger charge is -2.22. The number of amides is 1. The number of halogens is 2. The molecule has 8 heteroatoms. The summed E-state index contributed by atoms with van der Waals surface area (Å²) in [4.78, 5) is 26.5. The molecule has 3 rings (SSSR count). The van der Waals surface area contributed by atoms with Gasteiger partial charge in [-0.2, -0.15) is 8.78 Å². The number of hydrogen-bond acceptors (Lipinski definition) is 5. The first-order valence-corrected chi connectivity index (χ1v) is 12.8. The predicted octanol–water partition coefficient (Wildman–Crippen LogP) is 5.28. The summed E-state index contributed by atoms with van der Waals surface area (Å²) in [6.07, 6.45) is 5.47. The summed E-state index contributed by atoms with van der Waals surface area (Å²) in [7, 11) is 1.32. The van der Waals surface area contributed by atoms with Crippen molar-refractivity contribution in [1.82, 2.24) is 4.90 Å². The molecule has 1 aromatic carbocycles. The number of hydrogen-bond donors (Lipinski definition) is 1. The van der Waals surface area contributed by atoms with E-state index in [1.54, 1.807) is 18.2 Å². The van der Waals surface area contributed by atoms with Crippen molar-refractivity contribution >= 4 is 23.2 Å². The molecule has 5 nitrogen and oxygen atoms in total. The molecule has 0 radical (unpaired) electrons. The second-order valence-corrected chi connectivity index (χ2v) is 10.2. The van der Waals surface area contributed by atoms with Crippen molar-refractivity contribution in [1.29, 1.82) is 0 Å². The highest BCUT2D eigenvalue weighted by atomic mass is 32.1. The van der Waals surface area contributed by atoms with Gasteiger partial charge in [-0.15, -0.1) is 11.3 Å². The van der Waals surface area contributed by atoms with Gasteiger partial charge in [0, 0.05) is 17.8 Å². The summed E-state index contributed by atoms with van der Waals surface area (Å²) in [6, 6.07) is 12.9. The van der Waals surface area contributed by atoms with Crippen LogP contribution in [-0.2, 0) is 22.4 Å². The molecule has 1 aliphatic rings. The van der Waals surface area contributed by atoms with Gasteiger partial charge in [-0.05, 0) is 55.7 Å². The highest BCUT2D eigenvalue weighted by Crippen LogP contribution is 2.34. The predicted molar refractivity (Wildman–Crippen MR) is 133 cm³/mol. The van der Waals surface area contributed by atoms with Crippen LogP contribution < -0.4 is 0 Å². The van der Waals surface area contributed by atoms with Crippen LogP contribution in [0, 0.1) is 5.92 Å². The SMILES string of the molecule is COC(=O)c1ccc(CCCN2C(=O)C(F)(F)C[C@@H]2C=C[C@@H](O)[C@H](C)CCCc2ccccc2)s1. The molecule has 2 aromatic rings. The largest absolute Gasteiger partial charge is 0.465 e. The van der Waals surface area contributed by atoms with Crippen LogP contribution in [0.1, 0.15) is 52.7 Å². The van der Waals surface area contributed by atoms with Crippen LogP contribution in [0.25, 0.3) is 0 Å². The maximum Gasteiger partial charge on any atom is 0.348 e. The van der Waals surface area contributed by atoms with E-state index in [-0.39, 0.29) is 12.5 Å². The van der Waals surface area contributed by atoms with E-state index in [4.69, 9.17) is 4.74 Å². The number of carbonyl (C=O) groups excluding carboxylic acids is 2. The smallest absolute Gasteiger partial charge is 0.348 e. The van der Waals surface area contributed by atoms with Crippen molar-refractivity contribution in [3.05, 3.63) is 69.9 Å². The number of nitrogens with zero attached hydrogens (tertiary/aromatic N) is 1. The van der Waals surface area contributed by atoms with Gasteiger partial charge in [0.15, 0.2) is 0 Å². The molecular formula is C27H33F2NO4S. The fraction of sp³-hybridized carbons (Fsp3) is 0.481. The minimum Gasteiger partial charge on any atom is -0.465 e. The quantitative estimate of drug-likeness (QED) is 0.315. The van der Waals surface area contributed by atoms with E-state index in [2.05, 4.69) is 12.1 Å².